The van der Waals surface area contributed by atoms with Gasteiger partial charge >= 0.3 is 0 Å². The van der Waals surface area contributed by atoms with E-state index in [1.807, 2.05) is 81.4 Å². The highest BCUT2D eigenvalue weighted by molar-refractivity contribution is 5.95. The zero-order valence-electron chi connectivity index (χ0n) is 20.1. The number of carbonyl (C=O) groups is 1. The molecule has 0 saturated heterocycles. The van der Waals surface area contributed by atoms with Crippen molar-refractivity contribution in [3.8, 4) is 17.2 Å². The molecule has 0 saturated carbocycles. The summed E-state index contributed by atoms with van der Waals surface area (Å²) in [5.41, 5.74) is 2.65. The number of aromatic nitrogens is 2. The van der Waals surface area contributed by atoms with Gasteiger partial charge in [0.05, 0.1) is 11.9 Å². The summed E-state index contributed by atoms with van der Waals surface area (Å²) in [5.74, 6) is 0.816. The monoisotopic (exact) mass is 468 g/mol. The van der Waals surface area contributed by atoms with Gasteiger partial charge in [-0.2, -0.15) is 9.78 Å². The van der Waals surface area contributed by atoms with Crippen LogP contribution in [0.25, 0.3) is 5.69 Å². The minimum Gasteiger partial charge on any atom is -0.453 e. The van der Waals surface area contributed by atoms with Gasteiger partial charge in [0.15, 0.2) is 11.4 Å². The van der Waals surface area contributed by atoms with E-state index in [1.54, 1.807) is 23.1 Å². The summed E-state index contributed by atoms with van der Waals surface area (Å²) in [4.78, 5) is 28.2. The number of para-hydroxylation sites is 1. The molecule has 4 aromatic rings. The molecule has 0 bridgehead atoms. The molecule has 4 rings (SSSR count). The van der Waals surface area contributed by atoms with Gasteiger partial charge in [-0.15, -0.1) is 0 Å². The summed E-state index contributed by atoms with van der Waals surface area (Å²) >= 11 is 0. The molecule has 3 aromatic carbocycles. The van der Waals surface area contributed by atoms with Crippen molar-refractivity contribution in [2.75, 3.05) is 18.4 Å². The summed E-state index contributed by atoms with van der Waals surface area (Å²) in [6.07, 6.45) is 1.52. The van der Waals surface area contributed by atoms with Crippen LogP contribution < -0.4 is 15.6 Å². The minimum atomic E-state index is -0.373. The number of anilines is 2. The van der Waals surface area contributed by atoms with Crippen molar-refractivity contribution in [1.29, 1.82) is 0 Å². The Hall–Kier alpha value is -4.39. The topological polar surface area (TPSA) is 76.5 Å². The molecule has 0 aliphatic heterocycles. The number of carbonyl (C=O) groups excluding carboxylic acids is 1. The molecule has 7 heteroatoms. The standard InChI is InChI=1S/C28H28N4O3/c1-4-31(5-2)27(33)21-12-10-13-22(18-21)30-26-25(35-24-16-9-11-20(3)17-24)19-29-32(28(26)34)23-14-7-6-8-15-23/h6-19,30H,4-5H2,1-3H3. The lowest BCUT2D eigenvalue weighted by Gasteiger charge is -2.19. The lowest BCUT2D eigenvalue weighted by atomic mass is 10.1. The highest BCUT2D eigenvalue weighted by Crippen LogP contribution is 2.29. The minimum absolute atomic E-state index is 0.0636. The first kappa shape index (κ1) is 23.8. The lowest BCUT2D eigenvalue weighted by molar-refractivity contribution is 0.0773. The van der Waals surface area contributed by atoms with Crippen LogP contribution in [0.1, 0.15) is 29.8 Å². The zero-order chi connectivity index (χ0) is 24.8. The second-order valence-corrected chi connectivity index (χ2v) is 8.04. The molecule has 1 amide bonds. The summed E-state index contributed by atoms with van der Waals surface area (Å²) in [5, 5.41) is 7.53. The van der Waals surface area contributed by atoms with Crippen LogP contribution in [0.3, 0.4) is 0 Å². The number of aryl methyl sites for hydroxylation is 1. The predicted octanol–water partition coefficient (Wildman–Crippen LogP) is 5.56. The van der Waals surface area contributed by atoms with Crippen LogP contribution in [0.15, 0.2) is 89.9 Å². The van der Waals surface area contributed by atoms with E-state index in [-0.39, 0.29) is 22.9 Å². The Morgan fingerprint density at radius 2 is 1.71 bits per heavy atom. The summed E-state index contributed by atoms with van der Waals surface area (Å²) in [6, 6.07) is 23.8. The first-order chi connectivity index (χ1) is 17.0. The number of hydrogen-bond donors (Lipinski definition) is 1. The smallest absolute Gasteiger partial charge is 0.299 e. The molecule has 0 aliphatic carbocycles. The quantitative estimate of drug-likeness (QED) is 0.366. The van der Waals surface area contributed by atoms with Crippen LogP contribution in [-0.4, -0.2) is 33.7 Å². The molecule has 1 heterocycles. The summed E-state index contributed by atoms with van der Waals surface area (Å²) < 4.78 is 7.39. The van der Waals surface area contributed by atoms with E-state index in [4.69, 9.17) is 4.74 Å². The third-order valence-corrected chi connectivity index (χ3v) is 5.59. The van der Waals surface area contributed by atoms with Gasteiger partial charge in [0, 0.05) is 24.3 Å². The Kier molecular flexibility index (Phi) is 7.26. The van der Waals surface area contributed by atoms with Gasteiger partial charge in [0.2, 0.25) is 0 Å². The van der Waals surface area contributed by atoms with E-state index in [0.717, 1.165) is 5.56 Å². The van der Waals surface area contributed by atoms with Gasteiger partial charge < -0.3 is 15.0 Å². The van der Waals surface area contributed by atoms with Gasteiger partial charge in [-0.1, -0.05) is 36.4 Å². The van der Waals surface area contributed by atoms with E-state index in [2.05, 4.69) is 10.4 Å². The van der Waals surface area contributed by atoms with Crippen molar-refractivity contribution in [3.05, 3.63) is 107 Å². The van der Waals surface area contributed by atoms with Gasteiger partial charge in [0.25, 0.3) is 11.5 Å². The molecule has 0 aliphatic rings. The largest absolute Gasteiger partial charge is 0.453 e. The molecule has 1 aromatic heterocycles. The number of nitrogens with zero attached hydrogens (tertiary/aromatic N) is 3. The number of hydrogen-bond acceptors (Lipinski definition) is 5. The fourth-order valence-corrected chi connectivity index (χ4v) is 3.76. The van der Waals surface area contributed by atoms with Crippen LogP contribution >= 0.6 is 0 Å². The molecule has 0 radical (unpaired) electrons. The van der Waals surface area contributed by atoms with Crippen molar-refractivity contribution in [1.82, 2.24) is 14.7 Å². The van der Waals surface area contributed by atoms with Gasteiger partial charge in [-0.05, 0) is 68.8 Å². The summed E-state index contributed by atoms with van der Waals surface area (Å²) in [6.45, 7) is 7.10. The third kappa shape index (κ3) is 5.41. The van der Waals surface area contributed by atoms with Crippen LogP contribution in [0.5, 0.6) is 11.5 Å². The zero-order valence-corrected chi connectivity index (χ0v) is 20.1. The van der Waals surface area contributed by atoms with E-state index in [9.17, 15) is 9.59 Å². The van der Waals surface area contributed by atoms with E-state index in [1.165, 1.54) is 10.9 Å². The Balaban J connectivity index is 1.76. The van der Waals surface area contributed by atoms with Gasteiger partial charge in [-0.25, -0.2) is 0 Å². The predicted molar refractivity (Wildman–Crippen MR) is 138 cm³/mol. The van der Waals surface area contributed by atoms with Crippen molar-refractivity contribution in [2.24, 2.45) is 0 Å². The van der Waals surface area contributed by atoms with Crippen molar-refractivity contribution >= 4 is 17.3 Å². The van der Waals surface area contributed by atoms with Crippen LogP contribution in [0.2, 0.25) is 0 Å². The van der Waals surface area contributed by atoms with Crippen LogP contribution in [0.4, 0.5) is 11.4 Å². The maximum absolute atomic E-state index is 13.6. The van der Waals surface area contributed by atoms with Crippen molar-refractivity contribution in [3.63, 3.8) is 0 Å². The Morgan fingerprint density at radius 1 is 0.971 bits per heavy atom. The van der Waals surface area contributed by atoms with Crippen LogP contribution in [0, 0.1) is 6.92 Å². The number of amides is 1. The third-order valence-electron chi connectivity index (χ3n) is 5.59. The second-order valence-electron chi connectivity index (χ2n) is 8.04. The van der Waals surface area contributed by atoms with Crippen LogP contribution in [-0.2, 0) is 0 Å². The number of nitrogens with one attached hydrogen (secondary N) is 1. The van der Waals surface area contributed by atoms with E-state index < -0.39 is 0 Å². The molecule has 0 unspecified atom stereocenters. The van der Waals surface area contributed by atoms with Gasteiger partial charge in [-0.3, -0.25) is 9.59 Å². The highest BCUT2D eigenvalue weighted by Gasteiger charge is 2.17. The Labute approximate surface area is 204 Å². The van der Waals surface area contributed by atoms with Gasteiger partial charge in [0.1, 0.15) is 5.75 Å². The fourth-order valence-electron chi connectivity index (χ4n) is 3.76. The fraction of sp³-hybridized carbons (Fsp3) is 0.179. The Bertz CT molecular complexity index is 1380. The first-order valence-electron chi connectivity index (χ1n) is 11.6. The maximum atomic E-state index is 13.6. The van der Waals surface area contributed by atoms with E-state index >= 15 is 0 Å². The summed E-state index contributed by atoms with van der Waals surface area (Å²) in [7, 11) is 0. The maximum Gasteiger partial charge on any atom is 0.299 e. The first-order valence-corrected chi connectivity index (χ1v) is 11.6. The number of benzene rings is 3. The average molecular weight is 469 g/mol. The highest BCUT2D eigenvalue weighted by atomic mass is 16.5. The molecule has 35 heavy (non-hydrogen) atoms. The molecule has 0 atom stereocenters. The molecular formula is C28H28N4O3. The van der Waals surface area contributed by atoms with E-state index in [0.29, 0.717) is 35.8 Å². The average Bonchev–Trinajstić information content (AvgIpc) is 2.87. The number of rotatable bonds is 8. The lowest BCUT2D eigenvalue weighted by Crippen LogP contribution is -2.30. The SMILES string of the molecule is CCN(CC)C(=O)c1cccc(Nc2c(Oc3cccc(C)c3)cnn(-c3ccccc3)c2=O)c1. The molecular weight excluding hydrogens is 440 g/mol. The molecule has 1 N–H and O–H groups in total. The van der Waals surface area contributed by atoms with Crippen molar-refractivity contribution < 1.29 is 9.53 Å². The number of ether oxygens (including phenoxy) is 1. The Morgan fingerprint density at radius 3 is 2.43 bits per heavy atom. The van der Waals surface area contributed by atoms with Crippen molar-refractivity contribution in [2.45, 2.75) is 20.8 Å². The molecule has 178 valence electrons. The molecule has 0 spiro atoms. The molecule has 0 fully saturated rings. The normalized spacial score (nSPS) is 10.6. The molecule has 7 nitrogen and oxygen atoms in total. The second kappa shape index (κ2) is 10.7.